The summed E-state index contributed by atoms with van der Waals surface area (Å²) in [5.74, 6) is 1.08. The van der Waals surface area contributed by atoms with E-state index in [0.717, 1.165) is 24.8 Å². The Morgan fingerprint density at radius 1 is 1.20 bits per heavy atom. The molecule has 4 nitrogen and oxygen atoms in total. The van der Waals surface area contributed by atoms with Crippen LogP contribution in [0.3, 0.4) is 0 Å². The third-order valence-corrected chi connectivity index (χ3v) is 5.71. The quantitative estimate of drug-likeness (QED) is 0.895. The van der Waals surface area contributed by atoms with E-state index in [2.05, 4.69) is 18.6 Å². The molecule has 3 atom stereocenters. The van der Waals surface area contributed by atoms with Gasteiger partial charge in [0.2, 0.25) is 10.0 Å². The molecule has 0 radical (unpaired) electrons. The normalized spacial score (nSPS) is 27.4. The molecule has 3 unspecified atom stereocenters. The molecule has 1 saturated carbocycles. The highest BCUT2D eigenvalue weighted by molar-refractivity contribution is 7.89. The van der Waals surface area contributed by atoms with Crippen molar-refractivity contribution >= 4 is 10.0 Å². The minimum Gasteiger partial charge on any atom is -0.326 e. The van der Waals surface area contributed by atoms with Crippen molar-refractivity contribution in [3.05, 3.63) is 29.8 Å². The molecule has 0 saturated heterocycles. The second-order valence-electron chi connectivity index (χ2n) is 5.97. The van der Waals surface area contributed by atoms with Crippen molar-refractivity contribution in [3.63, 3.8) is 0 Å². The molecule has 112 valence electrons. The summed E-state index contributed by atoms with van der Waals surface area (Å²) < 4.78 is 27.6. The van der Waals surface area contributed by atoms with Crippen LogP contribution in [0, 0.1) is 11.8 Å². The lowest BCUT2D eigenvalue weighted by atomic mass is 9.80. The van der Waals surface area contributed by atoms with Crippen molar-refractivity contribution in [2.24, 2.45) is 17.6 Å². The van der Waals surface area contributed by atoms with E-state index in [4.69, 9.17) is 5.73 Å². The lowest BCUT2D eigenvalue weighted by Crippen LogP contribution is -2.42. The second kappa shape index (κ2) is 6.24. The molecule has 1 fully saturated rings. The summed E-state index contributed by atoms with van der Waals surface area (Å²) in [6.07, 6.45) is 3.09. The lowest BCUT2D eigenvalue weighted by molar-refractivity contribution is 0.249. The summed E-state index contributed by atoms with van der Waals surface area (Å²) in [5.41, 5.74) is 6.46. The SMILES string of the molecule is CC1CCC(NS(=O)(=O)c2ccc(CN)cc2)C(C)C1. The first kappa shape index (κ1) is 15.5. The summed E-state index contributed by atoms with van der Waals surface area (Å²) in [6.45, 7) is 4.78. The van der Waals surface area contributed by atoms with Crippen LogP contribution in [0.2, 0.25) is 0 Å². The molecule has 5 heteroatoms. The Labute approximate surface area is 121 Å². The molecule has 0 aromatic heterocycles. The third-order valence-electron chi connectivity index (χ3n) is 4.21. The van der Waals surface area contributed by atoms with E-state index < -0.39 is 10.0 Å². The molecular formula is C15H24N2O2S. The van der Waals surface area contributed by atoms with Crippen LogP contribution < -0.4 is 10.5 Å². The van der Waals surface area contributed by atoms with Crippen LogP contribution in [0.4, 0.5) is 0 Å². The van der Waals surface area contributed by atoms with E-state index in [-0.39, 0.29) is 6.04 Å². The van der Waals surface area contributed by atoms with Crippen LogP contribution in [0.15, 0.2) is 29.2 Å². The van der Waals surface area contributed by atoms with E-state index in [1.165, 1.54) is 0 Å². The van der Waals surface area contributed by atoms with Crippen molar-refractivity contribution < 1.29 is 8.42 Å². The molecule has 0 aliphatic heterocycles. The van der Waals surface area contributed by atoms with Gasteiger partial charge in [0.15, 0.2) is 0 Å². The van der Waals surface area contributed by atoms with E-state index in [9.17, 15) is 8.42 Å². The largest absolute Gasteiger partial charge is 0.326 e. The first-order valence-corrected chi connectivity index (χ1v) is 8.72. The van der Waals surface area contributed by atoms with Crippen LogP contribution in [0.1, 0.15) is 38.7 Å². The van der Waals surface area contributed by atoms with Crippen LogP contribution in [0.5, 0.6) is 0 Å². The zero-order valence-electron chi connectivity index (χ0n) is 12.2. The minimum absolute atomic E-state index is 0.0467. The number of rotatable bonds is 4. The molecule has 3 N–H and O–H groups in total. The lowest BCUT2D eigenvalue weighted by Gasteiger charge is -2.32. The van der Waals surface area contributed by atoms with Gasteiger partial charge in [0.05, 0.1) is 4.90 Å². The maximum atomic E-state index is 12.4. The molecular weight excluding hydrogens is 272 g/mol. The predicted molar refractivity (Wildman–Crippen MR) is 80.6 cm³/mol. The topological polar surface area (TPSA) is 72.2 Å². The number of sulfonamides is 1. The summed E-state index contributed by atoms with van der Waals surface area (Å²) in [7, 11) is -3.43. The number of benzene rings is 1. The van der Waals surface area contributed by atoms with Gasteiger partial charge in [-0.05, 0) is 48.8 Å². The van der Waals surface area contributed by atoms with Crippen molar-refractivity contribution in [2.75, 3.05) is 0 Å². The van der Waals surface area contributed by atoms with Crippen LogP contribution in [-0.2, 0) is 16.6 Å². The highest BCUT2D eigenvalue weighted by atomic mass is 32.2. The zero-order valence-corrected chi connectivity index (χ0v) is 13.0. The van der Waals surface area contributed by atoms with Crippen molar-refractivity contribution in [1.82, 2.24) is 4.72 Å². The Bertz CT molecular complexity index is 539. The van der Waals surface area contributed by atoms with Gasteiger partial charge in [0, 0.05) is 12.6 Å². The van der Waals surface area contributed by atoms with Crippen molar-refractivity contribution in [3.8, 4) is 0 Å². The second-order valence-corrected chi connectivity index (χ2v) is 7.69. The molecule has 1 aromatic rings. The number of hydrogen-bond acceptors (Lipinski definition) is 3. The monoisotopic (exact) mass is 296 g/mol. The minimum atomic E-state index is -3.43. The molecule has 20 heavy (non-hydrogen) atoms. The molecule has 1 aromatic carbocycles. The third kappa shape index (κ3) is 3.59. The van der Waals surface area contributed by atoms with Crippen LogP contribution in [0.25, 0.3) is 0 Å². The van der Waals surface area contributed by atoms with Crippen molar-refractivity contribution in [2.45, 2.75) is 50.6 Å². The highest BCUT2D eigenvalue weighted by Gasteiger charge is 2.29. The fourth-order valence-corrected chi connectivity index (χ4v) is 4.29. The maximum absolute atomic E-state index is 12.4. The average Bonchev–Trinajstić information content (AvgIpc) is 2.42. The fourth-order valence-electron chi connectivity index (χ4n) is 2.91. The van der Waals surface area contributed by atoms with Gasteiger partial charge in [-0.3, -0.25) is 0 Å². The van der Waals surface area contributed by atoms with E-state index in [1.807, 2.05) is 0 Å². The molecule has 0 spiro atoms. The van der Waals surface area contributed by atoms with E-state index in [0.29, 0.717) is 23.3 Å². The zero-order chi connectivity index (χ0) is 14.8. The summed E-state index contributed by atoms with van der Waals surface area (Å²) >= 11 is 0. The Balaban J connectivity index is 2.10. The Morgan fingerprint density at radius 2 is 1.85 bits per heavy atom. The summed E-state index contributed by atoms with van der Waals surface area (Å²) in [5, 5.41) is 0. The number of hydrogen-bond donors (Lipinski definition) is 2. The van der Waals surface area contributed by atoms with Crippen molar-refractivity contribution in [1.29, 1.82) is 0 Å². The smallest absolute Gasteiger partial charge is 0.240 e. The first-order chi connectivity index (χ1) is 9.42. The van der Waals surface area contributed by atoms with Crippen LogP contribution >= 0.6 is 0 Å². The predicted octanol–water partition coefficient (Wildman–Crippen LogP) is 2.25. The molecule has 1 aliphatic carbocycles. The summed E-state index contributed by atoms with van der Waals surface area (Å²) in [4.78, 5) is 0.320. The summed E-state index contributed by atoms with van der Waals surface area (Å²) in [6, 6.07) is 6.83. The van der Waals surface area contributed by atoms with Gasteiger partial charge in [-0.1, -0.05) is 26.0 Å². The van der Waals surface area contributed by atoms with Gasteiger partial charge in [0.1, 0.15) is 0 Å². The first-order valence-electron chi connectivity index (χ1n) is 7.23. The molecule has 0 amide bonds. The standard InChI is InChI=1S/C15H24N2O2S/c1-11-3-8-15(12(2)9-11)17-20(18,19)14-6-4-13(10-16)5-7-14/h4-7,11-12,15,17H,3,8-10,16H2,1-2H3. The molecule has 0 bridgehead atoms. The highest BCUT2D eigenvalue weighted by Crippen LogP contribution is 2.29. The Hall–Kier alpha value is -0.910. The van der Waals surface area contributed by atoms with E-state index >= 15 is 0 Å². The van der Waals surface area contributed by atoms with Gasteiger partial charge in [-0.25, -0.2) is 13.1 Å². The van der Waals surface area contributed by atoms with Gasteiger partial charge >= 0.3 is 0 Å². The van der Waals surface area contributed by atoms with Crippen LogP contribution in [-0.4, -0.2) is 14.5 Å². The Kier molecular flexibility index (Phi) is 4.83. The van der Waals surface area contributed by atoms with Gasteiger partial charge in [-0.15, -0.1) is 0 Å². The van der Waals surface area contributed by atoms with Gasteiger partial charge in [0.25, 0.3) is 0 Å². The number of nitrogens with one attached hydrogen (secondary N) is 1. The van der Waals surface area contributed by atoms with Gasteiger partial charge in [-0.2, -0.15) is 0 Å². The molecule has 2 rings (SSSR count). The fraction of sp³-hybridized carbons (Fsp3) is 0.600. The molecule has 1 aliphatic rings. The molecule has 0 heterocycles. The average molecular weight is 296 g/mol. The van der Waals surface area contributed by atoms with E-state index in [1.54, 1.807) is 24.3 Å². The van der Waals surface area contributed by atoms with Gasteiger partial charge < -0.3 is 5.73 Å². The Morgan fingerprint density at radius 3 is 2.40 bits per heavy atom. The maximum Gasteiger partial charge on any atom is 0.240 e. The number of nitrogens with two attached hydrogens (primary N) is 1.